The average Bonchev–Trinajstić information content (AvgIpc) is 2.36. The highest BCUT2D eigenvalue weighted by molar-refractivity contribution is 7.99. The van der Waals surface area contributed by atoms with E-state index in [2.05, 4.69) is 4.74 Å². The Morgan fingerprint density at radius 1 is 1.42 bits per heavy atom. The fourth-order valence-electron chi connectivity index (χ4n) is 1.55. The predicted octanol–water partition coefficient (Wildman–Crippen LogP) is 1.61. The molecule has 0 aromatic heterocycles. The van der Waals surface area contributed by atoms with Gasteiger partial charge >= 0.3 is 12.1 Å². The van der Waals surface area contributed by atoms with Crippen molar-refractivity contribution in [1.29, 1.82) is 0 Å². The van der Waals surface area contributed by atoms with Crippen LogP contribution in [0.25, 0.3) is 0 Å². The zero-order valence-corrected chi connectivity index (χ0v) is 11.3. The Hall–Kier alpha value is -1.18. The molecule has 0 saturated carbocycles. The molecule has 1 rings (SSSR count). The van der Waals surface area contributed by atoms with Crippen LogP contribution in [0.1, 0.15) is 6.92 Å². The van der Waals surface area contributed by atoms with Crippen LogP contribution < -0.4 is 0 Å². The van der Waals surface area contributed by atoms with Crippen molar-refractivity contribution < 1.29 is 27.5 Å². The standard InChI is InChI=1S/C11H14F3NO3S/c1-7(11(12,13)14)5-9(16)15-3-4-19-6-8(15)10(17)18-2/h5,8H,3-4,6H2,1-2H3/b7-5+. The van der Waals surface area contributed by atoms with Crippen LogP contribution in [-0.2, 0) is 14.3 Å². The van der Waals surface area contributed by atoms with E-state index < -0.39 is 29.7 Å². The summed E-state index contributed by atoms with van der Waals surface area (Å²) >= 11 is 1.45. The molecule has 0 bridgehead atoms. The van der Waals surface area contributed by atoms with E-state index in [4.69, 9.17) is 0 Å². The van der Waals surface area contributed by atoms with E-state index in [-0.39, 0.29) is 6.54 Å². The molecule has 0 aromatic rings. The minimum Gasteiger partial charge on any atom is -0.467 e. The van der Waals surface area contributed by atoms with Gasteiger partial charge in [0.25, 0.3) is 0 Å². The summed E-state index contributed by atoms with van der Waals surface area (Å²) < 4.78 is 41.6. The molecule has 8 heteroatoms. The summed E-state index contributed by atoms with van der Waals surface area (Å²) in [5.74, 6) is -0.515. The van der Waals surface area contributed by atoms with Crippen LogP contribution in [0.2, 0.25) is 0 Å². The molecular weight excluding hydrogens is 283 g/mol. The lowest BCUT2D eigenvalue weighted by Crippen LogP contribution is -2.50. The molecule has 0 aliphatic carbocycles. The molecule has 0 N–H and O–H groups in total. The van der Waals surface area contributed by atoms with Gasteiger partial charge in [0, 0.05) is 29.7 Å². The van der Waals surface area contributed by atoms with Gasteiger partial charge in [0.05, 0.1) is 7.11 Å². The molecule has 0 aromatic carbocycles. The first-order chi connectivity index (χ1) is 8.77. The smallest absolute Gasteiger partial charge is 0.412 e. The number of carbonyl (C=O) groups excluding carboxylic acids is 2. The van der Waals surface area contributed by atoms with E-state index >= 15 is 0 Å². The number of carbonyl (C=O) groups is 2. The molecule has 1 unspecified atom stereocenters. The van der Waals surface area contributed by atoms with Crippen molar-refractivity contribution in [3.05, 3.63) is 11.6 Å². The van der Waals surface area contributed by atoms with Gasteiger partial charge in [-0.1, -0.05) is 0 Å². The molecule has 19 heavy (non-hydrogen) atoms. The lowest BCUT2D eigenvalue weighted by atomic mass is 10.2. The van der Waals surface area contributed by atoms with E-state index in [1.54, 1.807) is 0 Å². The molecular formula is C11H14F3NO3S. The van der Waals surface area contributed by atoms with Gasteiger partial charge in [-0.05, 0) is 6.92 Å². The van der Waals surface area contributed by atoms with Crippen molar-refractivity contribution in [1.82, 2.24) is 4.90 Å². The third-order valence-electron chi connectivity index (χ3n) is 2.67. The molecule has 4 nitrogen and oxygen atoms in total. The number of esters is 1. The Labute approximate surface area is 113 Å². The Bertz CT molecular complexity index is 395. The van der Waals surface area contributed by atoms with Crippen molar-refractivity contribution in [2.45, 2.75) is 19.1 Å². The Morgan fingerprint density at radius 2 is 2.05 bits per heavy atom. The zero-order chi connectivity index (χ0) is 14.6. The number of alkyl halides is 3. The summed E-state index contributed by atoms with van der Waals surface area (Å²) in [5, 5.41) is 0. The minimum absolute atomic E-state index is 0.227. The van der Waals surface area contributed by atoms with Crippen molar-refractivity contribution in [2.24, 2.45) is 0 Å². The average molecular weight is 297 g/mol. The Balaban J connectivity index is 2.87. The van der Waals surface area contributed by atoms with Crippen molar-refractivity contribution in [3.63, 3.8) is 0 Å². The number of allylic oxidation sites excluding steroid dienone is 1. The summed E-state index contributed by atoms with van der Waals surface area (Å²) in [4.78, 5) is 24.4. The van der Waals surface area contributed by atoms with Crippen LogP contribution in [0.15, 0.2) is 11.6 Å². The molecule has 1 fully saturated rings. The fourth-order valence-corrected chi connectivity index (χ4v) is 2.58. The molecule has 1 heterocycles. The predicted molar refractivity (Wildman–Crippen MR) is 64.7 cm³/mol. The van der Waals surface area contributed by atoms with Gasteiger partial charge in [-0.25, -0.2) is 4.79 Å². The highest BCUT2D eigenvalue weighted by Crippen LogP contribution is 2.25. The highest BCUT2D eigenvalue weighted by atomic mass is 32.2. The van der Waals surface area contributed by atoms with E-state index in [1.807, 2.05) is 0 Å². The number of halogens is 3. The molecule has 0 spiro atoms. The molecule has 108 valence electrons. The van der Waals surface area contributed by atoms with Gasteiger partial charge in [0.15, 0.2) is 0 Å². The fraction of sp³-hybridized carbons (Fsp3) is 0.636. The number of ether oxygens (including phenoxy) is 1. The Morgan fingerprint density at radius 3 is 2.58 bits per heavy atom. The van der Waals surface area contributed by atoms with Crippen LogP contribution in [0, 0.1) is 0 Å². The van der Waals surface area contributed by atoms with Gasteiger partial charge in [0.2, 0.25) is 5.91 Å². The number of nitrogens with zero attached hydrogens (tertiary/aromatic N) is 1. The number of hydrogen-bond acceptors (Lipinski definition) is 4. The van der Waals surface area contributed by atoms with Crippen LogP contribution >= 0.6 is 11.8 Å². The molecule has 1 atom stereocenters. The number of rotatable bonds is 2. The van der Waals surface area contributed by atoms with Crippen molar-refractivity contribution >= 4 is 23.6 Å². The minimum atomic E-state index is -4.54. The number of amides is 1. The van der Waals surface area contributed by atoms with Gasteiger partial charge in [-0.15, -0.1) is 0 Å². The summed E-state index contributed by atoms with van der Waals surface area (Å²) in [6.07, 6.45) is -4.02. The van der Waals surface area contributed by atoms with E-state index in [1.165, 1.54) is 18.9 Å². The summed E-state index contributed by atoms with van der Waals surface area (Å²) in [6, 6.07) is -0.825. The zero-order valence-electron chi connectivity index (χ0n) is 10.5. The molecule has 1 aliphatic heterocycles. The van der Waals surface area contributed by atoms with Crippen LogP contribution in [0.5, 0.6) is 0 Å². The van der Waals surface area contributed by atoms with E-state index in [0.29, 0.717) is 17.6 Å². The largest absolute Gasteiger partial charge is 0.467 e. The van der Waals surface area contributed by atoms with Gasteiger partial charge in [-0.2, -0.15) is 24.9 Å². The second-order valence-corrected chi connectivity index (χ2v) is 5.12. The van der Waals surface area contributed by atoms with E-state index in [0.717, 1.165) is 11.8 Å². The number of thioether (sulfide) groups is 1. The van der Waals surface area contributed by atoms with E-state index in [9.17, 15) is 22.8 Å². The van der Waals surface area contributed by atoms with Gasteiger partial charge in [-0.3, -0.25) is 4.79 Å². The van der Waals surface area contributed by atoms with Crippen molar-refractivity contribution in [2.75, 3.05) is 25.2 Å². The topological polar surface area (TPSA) is 46.6 Å². The lowest BCUT2D eigenvalue weighted by Gasteiger charge is -2.32. The first-order valence-corrected chi connectivity index (χ1v) is 6.64. The second kappa shape index (κ2) is 6.31. The first-order valence-electron chi connectivity index (χ1n) is 5.49. The number of methoxy groups -OCH3 is 1. The summed E-state index contributed by atoms with van der Waals surface area (Å²) in [7, 11) is 1.18. The SMILES string of the molecule is COC(=O)C1CSCCN1C(=O)/C=C(\C)C(F)(F)F. The second-order valence-electron chi connectivity index (χ2n) is 3.97. The van der Waals surface area contributed by atoms with Crippen LogP contribution in [0.4, 0.5) is 13.2 Å². The molecule has 1 saturated heterocycles. The van der Waals surface area contributed by atoms with Crippen LogP contribution in [-0.4, -0.2) is 54.2 Å². The quantitative estimate of drug-likeness (QED) is 0.574. The third kappa shape index (κ3) is 4.15. The maximum Gasteiger partial charge on any atom is 0.412 e. The van der Waals surface area contributed by atoms with Gasteiger partial charge < -0.3 is 9.64 Å². The number of hydrogen-bond donors (Lipinski definition) is 0. The lowest BCUT2D eigenvalue weighted by molar-refractivity contribution is -0.150. The molecule has 1 amide bonds. The molecule has 0 radical (unpaired) electrons. The summed E-state index contributed by atoms with van der Waals surface area (Å²) in [6.45, 7) is 1.05. The van der Waals surface area contributed by atoms with Gasteiger partial charge in [0.1, 0.15) is 6.04 Å². The Kier molecular flexibility index (Phi) is 5.28. The third-order valence-corrected chi connectivity index (χ3v) is 3.69. The van der Waals surface area contributed by atoms with Crippen LogP contribution in [0.3, 0.4) is 0 Å². The van der Waals surface area contributed by atoms with Crippen molar-refractivity contribution in [3.8, 4) is 0 Å². The normalized spacial score (nSPS) is 21.2. The summed E-state index contributed by atoms with van der Waals surface area (Å²) in [5.41, 5.74) is -0.987. The maximum atomic E-state index is 12.4. The molecule has 1 aliphatic rings. The highest BCUT2D eigenvalue weighted by Gasteiger charge is 2.35. The maximum absolute atomic E-state index is 12.4. The first kappa shape index (κ1) is 15.9. The monoisotopic (exact) mass is 297 g/mol.